The number of nitrogens with zero attached hydrogens (tertiary/aromatic N) is 3. The monoisotopic (exact) mass is 413 g/mol. The fourth-order valence-electron chi connectivity index (χ4n) is 3.75. The first-order valence-electron chi connectivity index (χ1n) is 10.8. The number of aromatic nitrogens is 1. The molecule has 0 atom stereocenters. The molecule has 2 N–H and O–H groups in total. The number of hydrogen-bond acceptors (Lipinski definition) is 4. The van der Waals surface area contributed by atoms with Crippen LogP contribution in [0.5, 0.6) is 0 Å². The largest absolute Gasteiger partial charge is 0.356 e. The zero-order valence-electron chi connectivity index (χ0n) is 18.1. The lowest BCUT2D eigenvalue weighted by Gasteiger charge is -2.22. The third-order valence-corrected chi connectivity index (χ3v) is 6.72. The van der Waals surface area contributed by atoms with Gasteiger partial charge in [0.2, 0.25) is 0 Å². The van der Waals surface area contributed by atoms with Gasteiger partial charge in [-0.1, -0.05) is 37.1 Å². The molecule has 6 heteroatoms. The molecule has 0 spiro atoms. The van der Waals surface area contributed by atoms with E-state index in [1.165, 1.54) is 59.8 Å². The van der Waals surface area contributed by atoms with Crippen molar-refractivity contribution in [2.24, 2.45) is 4.99 Å². The van der Waals surface area contributed by atoms with Crippen molar-refractivity contribution in [3.63, 3.8) is 0 Å². The summed E-state index contributed by atoms with van der Waals surface area (Å²) in [5.74, 6) is 0.847. The van der Waals surface area contributed by atoms with Crippen molar-refractivity contribution in [3.05, 3.63) is 51.0 Å². The minimum Gasteiger partial charge on any atom is -0.356 e. The number of nitrogens with one attached hydrogen (secondary N) is 2. The maximum Gasteiger partial charge on any atom is 0.191 e. The fourth-order valence-corrected chi connectivity index (χ4v) is 4.69. The van der Waals surface area contributed by atoms with Crippen molar-refractivity contribution >= 4 is 17.3 Å². The molecule has 158 valence electrons. The molecule has 1 aliphatic rings. The van der Waals surface area contributed by atoms with Gasteiger partial charge in [0.25, 0.3) is 0 Å². The molecule has 1 fully saturated rings. The maximum absolute atomic E-state index is 4.61. The number of rotatable bonds is 7. The normalized spacial score (nSPS) is 15.9. The van der Waals surface area contributed by atoms with Gasteiger partial charge in [0.1, 0.15) is 0 Å². The molecule has 0 radical (unpaired) electrons. The van der Waals surface area contributed by atoms with Crippen LogP contribution in [0.25, 0.3) is 0 Å². The van der Waals surface area contributed by atoms with E-state index in [-0.39, 0.29) is 0 Å². The van der Waals surface area contributed by atoms with Crippen molar-refractivity contribution < 1.29 is 0 Å². The predicted octanol–water partition coefficient (Wildman–Crippen LogP) is 4.04. The lowest BCUT2D eigenvalue weighted by Crippen LogP contribution is -2.38. The number of hydrogen-bond donors (Lipinski definition) is 2. The minimum atomic E-state index is 0.791. The highest BCUT2D eigenvalue weighted by atomic mass is 32.1. The molecular weight excluding hydrogens is 378 g/mol. The van der Waals surface area contributed by atoms with Crippen LogP contribution in [-0.2, 0) is 19.5 Å². The van der Waals surface area contributed by atoms with Gasteiger partial charge in [0.05, 0.1) is 10.7 Å². The summed E-state index contributed by atoms with van der Waals surface area (Å²) >= 11 is 1.79. The summed E-state index contributed by atoms with van der Waals surface area (Å²) in [7, 11) is 1.83. The topological polar surface area (TPSA) is 52.6 Å². The summed E-state index contributed by atoms with van der Waals surface area (Å²) in [6, 6.07) is 8.79. The van der Waals surface area contributed by atoms with Gasteiger partial charge in [-0.15, -0.1) is 11.3 Å². The SMILES string of the molecule is CN=C(NCCc1nc(C)c(C)s1)NCc1ccccc1CN1CCCCCC1. The standard InChI is InChI=1S/C23H35N5S/c1-18-19(2)29-22(27-18)12-13-25-23(24-3)26-16-20-10-6-7-11-21(20)17-28-14-8-4-5-9-15-28/h6-7,10-11H,4-5,8-9,12-17H2,1-3H3,(H2,24,25,26). The lowest BCUT2D eigenvalue weighted by molar-refractivity contribution is 0.276. The summed E-state index contributed by atoms with van der Waals surface area (Å²) < 4.78 is 0. The molecule has 1 aromatic heterocycles. The first-order valence-corrected chi connectivity index (χ1v) is 11.6. The Hall–Kier alpha value is -1.92. The van der Waals surface area contributed by atoms with Crippen LogP contribution in [0.3, 0.4) is 0 Å². The van der Waals surface area contributed by atoms with Crippen molar-refractivity contribution in [3.8, 4) is 0 Å². The summed E-state index contributed by atoms with van der Waals surface area (Å²) in [6.45, 7) is 9.33. The predicted molar refractivity (Wildman–Crippen MR) is 124 cm³/mol. The number of aryl methyl sites for hydroxylation is 2. The Morgan fingerprint density at radius 3 is 2.45 bits per heavy atom. The molecule has 1 aliphatic heterocycles. The van der Waals surface area contributed by atoms with Gasteiger partial charge in [-0.3, -0.25) is 9.89 Å². The van der Waals surface area contributed by atoms with Gasteiger partial charge in [-0.25, -0.2) is 4.98 Å². The van der Waals surface area contributed by atoms with Crippen LogP contribution in [0.4, 0.5) is 0 Å². The molecular formula is C23H35N5S. The lowest BCUT2D eigenvalue weighted by atomic mass is 10.1. The molecule has 3 rings (SSSR count). The Bertz CT molecular complexity index is 771. The van der Waals surface area contributed by atoms with E-state index in [0.717, 1.165) is 37.7 Å². The Morgan fingerprint density at radius 2 is 1.79 bits per heavy atom. The molecule has 29 heavy (non-hydrogen) atoms. The second-order valence-electron chi connectivity index (χ2n) is 7.81. The van der Waals surface area contributed by atoms with E-state index in [9.17, 15) is 0 Å². The van der Waals surface area contributed by atoms with Gasteiger partial charge in [-0.05, 0) is 50.9 Å². The molecule has 2 heterocycles. The number of benzene rings is 1. The Kier molecular flexibility index (Phi) is 8.50. The number of guanidine groups is 1. The molecule has 1 saturated heterocycles. The van der Waals surface area contributed by atoms with E-state index < -0.39 is 0 Å². The highest BCUT2D eigenvalue weighted by molar-refractivity contribution is 7.11. The van der Waals surface area contributed by atoms with Crippen LogP contribution in [0, 0.1) is 13.8 Å². The van der Waals surface area contributed by atoms with Gasteiger partial charge >= 0.3 is 0 Å². The Morgan fingerprint density at radius 1 is 1.07 bits per heavy atom. The first-order chi connectivity index (χ1) is 14.2. The van der Waals surface area contributed by atoms with E-state index >= 15 is 0 Å². The zero-order valence-corrected chi connectivity index (χ0v) is 18.9. The van der Waals surface area contributed by atoms with Crippen LogP contribution in [-0.4, -0.2) is 42.5 Å². The van der Waals surface area contributed by atoms with Crippen molar-refractivity contribution in [1.29, 1.82) is 0 Å². The quantitative estimate of drug-likeness (QED) is 0.531. The van der Waals surface area contributed by atoms with Gasteiger partial charge in [0.15, 0.2) is 5.96 Å². The third kappa shape index (κ3) is 6.82. The van der Waals surface area contributed by atoms with Crippen LogP contribution < -0.4 is 10.6 Å². The van der Waals surface area contributed by atoms with Gasteiger partial charge in [-0.2, -0.15) is 0 Å². The molecule has 0 unspecified atom stereocenters. The van der Waals surface area contributed by atoms with Crippen LogP contribution in [0.2, 0.25) is 0 Å². The molecule has 0 aliphatic carbocycles. The average Bonchev–Trinajstić information content (AvgIpc) is 2.90. The minimum absolute atomic E-state index is 0.791. The average molecular weight is 414 g/mol. The summed E-state index contributed by atoms with van der Waals surface area (Å²) in [4.78, 5) is 12.9. The van der Waals surface area contributed by atoms with Crippen LogP contribution >= 0.6 is 11.3 Å². The van der Waals surface area contributed by atoms with E-state index in [2.05, 4.69) is 63.6 Å². The van der Waals surface area contributed by atoms with Gasteiger partial charge < -0.3 is 10.6 Å². The van der Waals surface area contributed by atoms with E-state index in [4.69, 9.17) is 0 Å². The second kappa shape index (κ2) is 11.3. The molecule has 5 nitrogen and oxygen atoms in total. The molecule has 1 aromatic carbocycles. The third-order valence-electron chi connectivity index (χ3n) is 5.59. The summed E-state index contributed by atoms with van der Waals surface area (Å²) in [6.07, 6.45) is 6.33. The number of aliphatic imine (C=N–C) groups is 1. The Balaban J connectivity index is 1.49. The summed E-state index contributed by atoms with van der Waals surface area (Å²) in [5, 5.41) is 8.09. The number of likely N-dealkylation sites (tertiary alicyclic amines) is 1. The van der Waals surface area contributed by atoms with Gasteiger partial charge in [0, 0.05) is 38.0 Å². The van der Waals surface area contributed by atoms with E-state index in [0.29, 0.717) is 0 Å². The number of thiazole rings is 1. The summed E-state index contributed by atoms with van der Waals surface area (Å²) in [5.41, 5.74) is 3.92. The van der Waals surface area contributed by atoms with Crippen molar-refractivity contribution in [2.75, 3.05) is 26.7 Å². The fraction of sp³-hybridized carbons (Fsp3) is 0.565. The first kappa shape index (κ1) is 21.8. The zero-order chi connectivity index (χ0) is 20.5. The highest BCUT2D eigenvalue weighted by Crippen LogP contribution is 2.17. The Labute approximate surface area is 179 Å². The highest BCUT2D eigenvalue weighted by Gasteiger charge is 2.12. The smallest absolute Gasteiger partial charge is 0.191 e. The van der Waals surface area contributed by atoms with Crippen molar-refractivity contribution in [2.45, 2.75) is 59.0 Å². The van der Waals surface area contributed by atoms with E-state index in [1.807, 2.05) is 7.05 Å². The molecule has 0 bridgehead atoms. The molecule has 0 amide bonds. The molecule has 2 aromatic rings. The van der Waals surface area contributed by atoms with E-state index in [1.54, 1.807) is 11.3 Å². The van der Waals surface area contributed by atoms with Crippen LogP contribution in [0.1, 0.15) is 52.4 Å². The van der Waals surface area contributed by atoms with Crippen molar-refractivity contribution in [1.82, 2.24) is 20.5 Å². The van der Waals surface area contributed by atoms with Crippen LogP contribution in [0.15, 0.2) is 29.3 Å². The maximum atomic E-state index is 4.61. The molecule has 0 saturated carbocycles. The second-order valence-corrected chi connectivity index (χ2v) is 9.10.